The fourth-order valence-electron chi connectivity index (χ4n) is 7.05. The minimum atomic E-state index is 0. The normalized spacial score (nSPS) is 11.6. The number of pyridine rings is 2. The molecule has 1 aliphatic rings. The fraction of sp³-hybridized carbons (Fsp3) is 0.0238. The Hall–Kier alpha value is -5.84. The van der Waals surface area contributed by atoms with Gasteiger partial charge in [0.2, 0.25) is 0 Å². The van der Waals surface area contributed by atoms with Crippen LogP contribution >= 0.6 is 0 Å². The zero-order valence-corrected chi connectivity index (χ0v) is 28.5. The molecule has 9 aromatic rings. The molecule has 49 heavy (non-hydrogen) atoms. The van der Waals surface area contributed by atoms with E-state index in [1.54, 1.807) is 0 Å². The molecule has 0 aliphatic carbocycles. The van der Waals surface area contributed by atoms with E-state index in [4.69, 9.17) is 14.4 Å². The Bertz CT molecular complexity index is 2990. The van der Waals surface area contributed by atoms with Crippen LogP contribution in [0.5, 0.6) is 0 Å². The summed E-state index contributed by atoms with van der Waals surface area (Å²) in [6.45, 7) is 1.98. The van der Waals surface area contributed by atoms with Crippen LogP contribution in [0.2, 0.25) is 0 Å². The number of aromatic nitrogens is 5. The summed E-state index contributed by atoms with van der Waals surface area (Å²) < 4.78 is 13.0. The van der Waals surface area contributed by atoms with Gasteiger partial charge >= 0.3 is 0 Å². The Labute approximate surface area is 295 Å². The second-order valence-corrected chi connectivity index (χ2v) is 12.0. The molecule has 0 atom stereocenters. The van der Waals surface area contributed by atoms with Crippen molar-refractivity contribution in [3.8, 4) is 11.4 Å². The number of imidazole rings is 1. The zero-order chi connectivity index (χ0) is 31.8. The van der Waals surface area contributed by atoms with E-state index in [1.165, 1.54) is 0 Å². The summed E-state index contributed by atoms with van der Waals surface area (Å²) in [5.41, 5.74) is 9.35. The van der Waals surface area contributed by atoms with Gasteiger partial charge in [0.05, 0.1) is 5.52 Å². The number of fused-ring (bicyclic) bond motifs is 20. The van der Waals surface area contributed by atoms with Gasteiger partial charge in [0, 0.05) is 43.9 Å². The molecule has 10 rings (SSSR count). The smallest absolute Gasteiger partial charge is 0.136 e. The summed E-state index contributed by atoms with van der Waals surface area (Å²) >= 11 is 0. The van der Waals surface area contributed by atoms with Gasteiger partial charge in [-0.2, -0.15) is 6.07 Å². The number of benzene rings is 5. The summed E-state index contributed by atoms with van der Waals surface area (Å²) in [6, 6.07) is 53.1. The summed E-state index contributed by atoms with van der Waals surface area (Å²) in [6.07, 6.45) is 2.09. The summed E-state index contributed by atoms with van der Waals surface area (Å²) in [5, 5.41) is 5.44. The van der Waals surface area contributed by atoms with Gasteiger partial charge < -0.3 is 22.9 Å². The van der Waals surface area contributed by atoms with Crippen molar-refractivity contribution < 1.29 is 25.5 Å². The van der Waals surface area contributed by atoms with E-state index in [-0.39, 0.29) is 21.1 Å². The topological polar surface area (TPSA) is 53.2 Å². The number of aryl methyl sites for hydroxylation is 1. The van der Waals surface area contributed by atoms with Crippen LogP contribution in [0.25, 0.3) is 82.8 Å². The number of rotatable bonds is 0. The Balaban J connectivity index is 0.00000325. The first-order valence-corrected chi connectivity index (χ1v) is 15.9. The molecule has 0 amide bonds. The molecule has 0 radical (unpaired) electrons. The summed E-state index contributed by atoms with van der Waals surface area (Å²) in [5.74, 6) is 0. The van der Waals surface area contributed by atoms with Crippen molar-refractivity contribution in [1.82, 2.24) is 23.5 Å². The van der Waals surface area contributed by atoms with E-state index in [2.05, 4.69) is 153 Å². The van der Waals surface area contributed by atoms with Crippen LogP contribution in [-0.2, 0) is 21.1 Å². The Morgan fingerprint density at radius 2 is 1.24 bits per heavy atom. The molecule has 0 fully saturated rings. The standard InChI is InChI=1S/C42H26N5O.Pt/c1-27-23-29-25-42(43-27)46-26-45(38-18-8-9-19-39(38)46)36-16-6-4-13-32(36)30-11-2-3-12-31(30)35-15-10-20-41(44-35)47-37-17-7-5-14-33(37)34-22-21-28(48-29)24-40(34)47;/h2-23,26H,1H3;/q-3;. The molecular formula is C42H26N5OPt-3. The first kappa shape index (κ1) is 29.3. The largest absolute Gasteiger partial charge is 0.522 e. The number of nitrogens with zero attached hydrogens (tertiary/aromatic N) is 5. The summed E-state index contributed by atoms with van der Waals surface area (Å²) in [7, 11) is 0. The second-order valence-electron chi connectivity index (χ2n) is 12.0. The molecule has 4 aromatic heterocycles. The molecule has 0 saturated carbocycles. The van der Waals surface area contributed by atoms with Crippen molar-refractivity contribution in [2.24, 2.45) is 0 Å². The Morgan fingerprint density at radius 1 is 0.571 bits per heavy atom. The molecule has 0 unspecified atom stereocenters. The molecule has 0 saturated heterocycles. The Morgan fingerprint density at radius 3 is 2.06 bits per heavy atom. The molecule has 5 heterocycles. The van der Waals surface area contributed by atoms with Crippen molar-refractivity contribution >= 4 is 71.5 Å². The van der Waals surface area contributed by atoms with Crippen LogP contribution < -0.4 is 0 Å². The first-order valence-electron chi connectivity index (χ1n) is 15.9. The maximum absolute atomic E-state index is 6.52. The maximum Gasteiger partial charge on any atom is 0.136 e. The molecule has 6 nitrogen and oxygen atoms in total. The Kier molecular flexibility index (Phi) is 6.82. The van der Waals surface area contributed by atoms with Crippen LogP contribution in [0.4, 0.5) is 0 Å². The minimum Gasteiger partial charge on any atom is -0.522 e. The van der Waals surface area contributed by atoms with Gasteiger partial charge in [0.1, 0.15) is 5.65 Å². The van der Waals surface area contributed by atoms with Crippen molar-refractivity contribution in [2.75, 3.05) is 0 Å². The zero-order valence-electron chi connectivity index (χ0n) is 26.2. The van der Waals surface area contributed by atoms with Crippen LogP contribution in [0.3, 0.4) is 0 Å². The van der Waals surface area contributed by atoms with Gasteiger partial charge in [-0.25, -0.2) is 11.1 Å². The van der Waals surface area contributed by atoms with E-state index in [0.717, 1.165) is 71.7 Å². The molecule has 7 heteroatoms. The van der Waals surface area contributed by atoms with Crippen molar-refractivity contribution in [1.29, 1.82) is 0 Å². The molecular weight excluding hydrogens is 786 g/mol. The molecule has 8 bridgehead atoms. The van der Waals surface area contributed by atoms with Gasteiger partial charge in [-0.3, -0.25) is 0 Å². The number of hydrogen-bond donors (Lipinski definition) is 0. The molecule has 238 valence electrons. The van der Waals surface area contributed by atoms with Crippen LogP contribution in [0.15, 0.2) is 144 Å². The predicted molar refractivity (Wildman–Crippen MR) is 193 cm³/mol. The van der Waals surface area contributed by atoms with E-state index in [9.17, 15) is 0 Å². The molecule has 0 spiro atoms. The number of hydrogen-bond acceptors (Lipinski definition) is 3. The van der Waals surface area contributed by atoms with E-state index < -0.39 is 0 Å². The predicted octanol–water partition coefficient (Wildman–Crippen LogP) is 10.1. The third-order valence-corrected chi connectivity index (χ3v) is 9.11. The van der Waals surface area contributed by atoms with Gasteiger partial charge in [-0.05, 0) is 75.1 Å². The van der Waals surface area contributed by atoms with Crippen molar-refractivity contribution in [2.45, 2.75) is 6.92 Å². The van der Waals surface area contributed by atoms with Crippen LogP contribution in [-0.4, -0.2) is 23.5 Å². The van der Waals surface area contributed by atoms with Gasteiger partial charge in [0.15, 0.2) is 0 Å². The second kappa shape index (κ2) is 11.4. The minimum absolute atomic E-state index is 0. The van der Waals surface area contributed by atoms with E-state index in [1.807, 2.05) is 19.1 Å². The first-order chi connectivity index (χ1) is 23.7. The fourth-order valence-corrected chi connectivity index (χ4v) is 7.05. The van der Waals surface area contributed by atoms with Crippen molar-refractivity contribution in [3.05, 3.63) is 158 Å². The quantitative estimate of drug-likeness (QED) is 0.143. The SMILES string of the molecule is Cc1cc2[c-]c(n1)n1[cH-]n(c3ccccc3c3ccccc3c3cccc(n3)n3c4[c-]c(ccc4c4ccccc43)o2)-c2ccccc2-1.[Pt]. The average Bonchev–Trinajstić information content (AvgIpc) is 3.67. The van der Waals surface area contributed by atoms with E-state index >= 15 is 0 Å². The third-order valence-electron chi connectivity index (χ3n) is 9.11. The third kappa shape index (κ3) is 4.63. The molecule has 0 N–H and O–H groups in total. The van der Waals surface area contributed by atoms with E-state index in [0.29, 0.717) is 16.8 Å². The molecule has 1 aliphatic heterocycles. The van der Waals surface area contributed by atoms with Gasteiger partial charge in [0.25, 0.3) is 0 Å². The summed E-state index contributed by atoms with van der Waals surface area (Å²) in [4.78, 5) is 10.2. The van der Waals surface area contributed by atoms with Gasteiger partial charge in [-0.15, -0.1) is 23.6 Å². The van der Waals surface area contributed by atoms with Crippen LogP contribution in [0.1, 0.15) is 5.69 Å². The number of para-hydroxylation sites is 4. The monoisotopic (exact) mass is 811 g/mol. The average molecular weight is 812 g/mol. The van der Waals surface area contributed by atoms with Crippen molar-refractivity contribution in [3.63, 3.8) is 0 Å². The van der Waals surface area contributed by atoms with Gasteiger partial charge in [-0.1, -0.05) is 103 Å². The maximum atomic E-state index is 6.52. The molecule has 5 aromatic carbocycles. The van der Waals surface area contributed by atoms with Crippen LogP contribution in [0, 0.1) is 19.1 Å².